The van der Waals surface area contributed by atoms with Gasteiger partial charge in [0.05, 0.1) is 12.1 Å². The van der Waals surface area contributed by atoms with Crippen molar-refractivity contribution in [2.75, 3.05) is 0 Å². The Labute approximate surface area is 138 Å². The first-order chi connectivity index (χ1) is 9.93. The summed E-state index contributed by atoms with van der Waals surface area (Å²) in [5.41, 5.74) is -0.696. The molecule has 1 heterocycles. The van der Waals surface area contributed by atoms with Gasteiger partial charge in [-0.05, 0) is 43.0 Å². The van der Waals surface area contributed by atoms with E-state index < -0.39 is 23.7 Å². The Morgan fingerprint density at radius 1 is 1.36 bits per heavy atom. The van der Waals surface area contributed by atoms with Gasteiger partial charge in [-0.1, -0.05) is 36.7 Å². The molecule has 4 nitrogen and oxygen atoms in total. The van der Waals surface area contributed by atoms with E-state index in [9.17, 15) is 14.3 Å². The molecule has 1 aliphatic heterocycles. The van der Waals surface area contributed by atoms with Crippen LogP contribution < -0.4 is 0 Å². The second-order valence-electron chi connectivity index (χ2n) is 7.15. The molecule has 22 heavy (non-hydrogen) atoms. The Kier molecular flexibility index (Phi) is 4.30. The third-order valence-corrected chi connectivity index (χ3v) is 4.30. The van der Waals surface area contributed by atoms with E-state index in [4.69, 9.17) is 4.74 Å². The van der Waals surface area contributed by atoms with Crippen LogP contribution in [0.4, 0.5) is 9.18 Å². The molecule has 6 heteroatoms. The number of carbonyl (C=O) groups is 1. The van der Waals surface area contributed by atoms with Crippen LogP contribution in [0.2, 0.25) is 0 Å². The van der Waals surface area contributed by atoms with Crippen molar-refractivity contribution in [2.45, 2.75) is 52.5 Å². The molecule has 2 rings (SSSR count). The molecule has 1 aromatic rings. The summed E-state index contributed by atoms with van der Waals surface area (Å²) in [6, 6.07) is 3.89. The third kappa shape index (κ3) is 3.13. The molecule has 122 valence electrons. The van der Waals surface area contributed by atoms with Crippen molar-refractivity contribution in [2.24, 2.45) is 5.41 Å². The van der Waals surface area contributed by atoms with E-state index in [0.717, 1.165) is 0 Å². The Morgan fingerprint density at radius 2 is 1.95 bits per heavy atom. The number of halogens is 2. The Hall–Kier alpha value is -1.14. The van der Waals surface area contributed by atoms with Crippen molar-refractivity contribution in [1.29, 1.82) is 0 Å². The first-order valence-electron chi connectivity index (χ1n) is 7.09. The highest BCUT2D eigenvalue weighted by atomic mass is 79.9. The highest BCUT2D eigenvalue weighted by Gasteiger charge is 2.54. The number of rotatable bonds is 1. The zero-order chi connectivity index (χ0) is 16.9. The molecule has 1 saturated heterocycles. The fourth-order valence-electron chi connectivity index (χ4n) is 2.97. The van der Waals surface area contributed by atoms with Crippen molar-refractivity contribution in [3.05, 3.63) is 34.1 Å². The van der Waals surface area contributed by atoms with Crippen LogP contribution in [0.3, 0.4) is 0 Å². The number of nitrogens with zero attached hydrogens (tertiary/aromatic N) is 1. The fourth-order valence-corrected chi connectivity index (χ4v) is 3.45. The first kappa shape index (κ1) is 17.2. The molecule has 2 atom stereocenters. The van der Waals surface area contributed by atoms with Gasteiger partial charge in [0.15, 0.2) is 0 Å². The SMILES string of the molecule is CC(C)(C)C1OC(C)(C)N(C(=O)O)C1c1cc(F)cc(Br)c1. The van der Waals surface area contributed by atoms with Gasteiger partial charge in [0.1, 0.15) is 11.5 Å². The summed E-state index contributed by atoms with van der Waals surface area (Å²) >= 11 is 3.27. The van der Waals surface area contributed by atoms with Gasteiger partial charge in [0.2, 0.25) is 0 Å². The number of amides is 1. The fraction of sp³-hybridized carbons (Fsp3) is 0.562. The van der Waals surface area contributed by atoms with E-state index in [1.807, 2.05) is 20.8 Å². The lowest BCUT2D eigenvalue weighted by molar-refractivity contribution is -0.0925. The van der Waals surface area contributed by atoms with Gasteiger partial charge >= 0.3 is 6.09 Å². The van der Waals surface area contributed by atoms with Crippen LogP contribution in [-0.4, -0.2) is 27.9 Å². The van der Waals surface area contributed by atoms with Gasteiger partial charge in [-0.3, -0.25) is 4.90 Å². The zero-order valence-electron chi connectivity index (χ0n) is 13.4. The maximum Gasteiger partial charge on any atom is 0.410 e. The molecule has 0 bridgehead atoms. The zero-order valence-corrected chi connectivity index (χ0v) is 14.9. The molecule has 1 aliphatic rings. The summed E-state index contributed by atoms with van der Waals surface area (Å²) in [4.78, 5) is 13.1. The van der Waals surface area contributed by atoms with Crippen LogP contribution >= 0.6 is 15.9 Å². The molecule has 0 saturated carbocycles. The summed E-state index contributed by atoms with van der Waals surface area (Å²) in [6.45, 7) is 9.39. The predicted molar refractivity (Wildman–Crippen MR) is 85.1 cm³/mol. The van der Waals surface area contributed by atoms with Crippen LogP contribution in [0.5, 0.6) is 0 Å². The van der Waals surface area contributed by atoms with Crippen molar-refractivity contribution in [3.63, 3.8) is 0 Å². The highest BCUT2D eigenvalue weighted by Crippen LogP contribution is 2.48. The van der Waals surface area contributed by atoms with Gasteiger partial charge in [-0.15, -0.1) is 0 Å². The lowest BCUT2D eigenvalue weighted by Crippen LogP contribution is -2.44. The van der Waals surface area contributed by atoms with E-state index in [2.05, 4.69) is 15.9 Å². The van der Waals surface area contributed by atoms with E-state index in [1.165, 1.54) is 17.0 Å². The van der Waals surface area contributed by atoms with E-state index in [-0.39, 0.29) is 11.5 Å². The quantitative estimate of drug-likeness (QED) is 0.769. The van der Waals surface area contributed by atoms with Gasteiger partial charge < -0.3 is 9.84 Å². The van der Waals surface area contributed by atoms with Crippen LogP contribution in [0.1, 0.15) is 46.2 Å². The molecule has 1 amide bonds. The van der Waals surface area contributed by atoms with Gasteiger partial charge in [0.25, 0.3) is 0 Å². The summed E-state index contributed by atoms with van der Waals surface area (Å²) in [6.07, 6.45) is -1.46. The molecule has 1 aromatic carbocycles. The molecule has 0 radical (unpaired) electrons. The predicted octanol–water partition coefficient (Wildman–Crippen LogP) is 4.79. The Morgan fingerprint density at radius 3 is 2.41 bits per heavy atom. The van der Waals surface area contributed by atoms with Crippen molar-refractivity contribution in [3.8, 4) is 0 Å². The number of benzene rings is 1. The Balaban J connectivity index is 2.61. The van der Waals surface area contributed by atoms with Crippen LogP contribution in [0.25, 0.3) is 0 Å². The van der Waals surface area contributed by atoms with E-state index in [1.54, 1.807) is 19.9 Å². The molecule has 0 spiro atoms. The summed E-state index contributed by atoms with van der Waals surface area (Å²) < 4.78 is 20.4. The second kappa shape index (κ2) is 5.49. The van der Waals surface area contributed by atoms with Gasteiger partial charge in [0, 0.05) is 4.47 Å². The van der Waals surface area contributed by atoms with Crippen LogP contribution in [-0.2, 0) is 4.74 Å². The number of ether oxygens (including phenoxy) is 1. The van der Waals surface area contributed by atoms with Crippen molar-refractivity contribution < 1.29 is 19.0 Å². The molecular weight excluding hydrogens is 353 g/mol. The monoisotopic (exact) mass is 373 g/mol. The average molecular weight is 374 g/mol. The number of hydrogen-bond donors (Lipinski definition) is 1. The summed E-state index contributed by atoms with van der Waals surface area (Å²) in [5.74, 6) is -0.410. The van der Waals surface area contributed by atoms with Crippen LogP contribution in [0.15, 0.2) is 22.7 Å². The largest absolute Gasteiger partial charge is 0.465 e. The third-order valence-electron chi connectivity index (χ3n) is 3.85. The van der Waals surface area contributed by atoms with Crippen molar-refractivity contribution >= 4 is 22.0 Å². The topological polar surface area (TPSA) is 49.8 Å². The summed E-state index contributed by atoms with van der Waals surface area (Å²) in [7, 11) is 0. The average Bonchev–Trinajstić information content (AvgIpc) is 2.59. The second-order valence-corrected chi connectivity index (χ2v) is 8.07. The summed E-state index contributed by atoms with van der Waals surface area (Å²) in [5, 5.41) is 9.64. The molecular formula is C16H21BrFNO3. The first-order valence-corrected chi connectivity index (χ1v) is 7.89. The molecule has 2 unspecified atom stereocenters. The maximum absolute atomic E-state index is 13.8. The molecule has 1 fully saturated rings. The normalized spacial score (nSPS) is 24.6. The highest BCUT2D eigenvalue weighted by molar-refractivity contribution is 9.10. The lowest BCUT2D eigenvalue weighted by Gasteiger charge is -2.33. The lowest BCUT2D eigenvalue weighted by atomic mass is 9.82. The minimum Gasteiger partial charge on any atom is -0.465 e. The van der Waals surface area contributed by atoms with Crippen LogP contribution in [0, 0.1) is 11.2 Å². The minimum atomic E-state index is -1.08. The van der Waals surface area contributed by atoms with Crippen molar-refractivity contribution in [1.82, 2.24) is 4.90 Å². The minimum absolute atomic E-state index is 0.301. The number of carboxylic acid groups (broad SMARTS) is 1. The standard InChI is InChI=1S/C16H21BrFNO3/c1-15(2,3)13-12(9-6-10(17)8-11(18)7-9)19(14(20)21)16(4,5)22-13/h6-8,12-13H,1-5H3,(H,20,21). The Bertz CT molecular complexity index is 577. The van der Waals surface area contributed by atoms with Gasteiger partial charge in [-0.2, -0.15) is 0 Å². The smallest absolute Gasteiger partial charge is 0.410 e. The van der Waals surface area contributed by atoms with Gasteiger partial charge in [-0.25, -0.2) is 9.18 Å². The maximum atomic E-state index is 13.8. The van der Waals surface area contributed by atoms with E-state index in [0.29, 0.717) is 10.0 Å². The molecule has 1 N–H and O–H groups in total. The van der Waals surface area contributed by atoms with E-state index >= 15 is 0 Å². The molecule has 0 aromatic heterocycles. The number of hydrogen-bond acceptors (Lipinski definition) is 2. The molecule has 0 aliphatic carbocycles.